The number of hydrogen-bond acceptors (Lipinski definition) is 3. The van der Waals surface area contributed by atoms with Crippen molar-refractivity contribution in [1.29, 1.82) is 0 Å². The van der Waals surface area contributed by atoms with Crippen LogP contribution in [0.2, 0.25) is 0 Å². The number of ketones is 1. The first kappa shape index (κ1) is 12.4. The van der Waals surface area contributed by atoms with E-state index in [2.05, 4.69) is 5.10 Å². The summed E-state index contributed by atoms with van der Waals surface area (Å²) >= 11 is 0. The molecule has 18 heavy (non-hydrogen) atoms. The maximum absolute atomic E-state index is 11.4. The molecule has 0 fully saturated rings. The Hall–Kier alpha value is -2.10. The number of benzene rings is 1. The molecule has 0 N–H and O–H groups in total. The van der Waals surface area contributed by atoms with Gasteiger partial charge < -0.3 is 4.90 Å². The smallest absolute Gasteiger partial charge is 0.163 e. The number of hydrogen-bond donors (Lipinski definition) is 0. The minimum atomic E-state index is 0.0451. The predicted octanol–water partition coefficient (Wildman–Crippen LogP) is 2.45. The van der Waals surface area contributed by atoms with Gasteiger partial charge in [0, 0.05) is 19.8 Å². The van der Waals surface area contributed by atoms with Crippen LogP contribution in [0, 0.1) is 6.92 Å². The fraction of sp³-hybridized carbons (Fsp3) is 0.286. The normalized spacial score (nSPS) is 10.4. The molecule has 0 saturated heterocycles. The van der Waals surface area contributed by atoms with Crippen LogP contribution in [-0.4, -0.2) is 29.7 Å². The average molecular weight is 243 g/mol. The first-order valence-corrected chi connectivity index (χ1v) is 5.84. The first-order chi connectivity index (χ1) is 8.50. The summed E-state index contributed by atoms with van der Waals surface area (Å²) in [7, 11) is 4.00. The van der Waals surface area contributed by atoms with Crippen LogP contribution < -0.4 is 4.90 Å². The highest BCUT2D eigenvalue weighted by molar-refractivity contribution is 5.95. The maximum Gasteiger partial charge on any atom is 0.163 e. The van der Waals surface area contributed by atoms with Crippen LogP contribution in [0.5, 0.6) is 0 Å². The minimum Gasteiger partial charge on any atom is -0.378 e. The molecule has 0 spiro atoms. The number of anilines is 1. The van der Waals surface area contributed by atoms with Crippen molar-refractivity contribution in [3.63, 3.8) is 0 Å². The van der Waals surface area contributed by atoms with Gasteiger partial charge in [-0.3, -0.25) is 4.79 Å². The first-order valence-electron chi connectivity index (χ1n) is 5.84. The summed E-state index contributed by atoms with van der Waals surface area (Å²) in [5, 5.41) is 4.26. The van der Waals surface area contributed by atoms with Crippen LogP contribution in [-0.2, 0) is 0 Å². The zero-order valence-electron chi connectivity index (χ0n) is 11.1. The molecule has 1 aromatic heterocycles. The molecule has 4 nitrogen and oxygen atoms in total. The molecule has 0 aliphatic heterocycles. The summed E-state index contributed by atoms with van der Waals surface area (Å²) in [6, 6.07) is 8.06. The molecule has 0 aliphatic carbocycles. The van der Waals surface area contributed by atoms with Gasteiger partial charge in [0.1, 0.15) is 0 Å². The van der Waals surface area contributed by atoms with Crippen LogP contribution in [0.25, 0.3) is 5.69 Å². The Balaban J connectivity index is 2.40. The van der Waals surface area contributed by atoms with Crippen LogP contribution in [0.3, 0.4) is 0 Å². The molecule has 1 heterocycles. The fourth-order valence-electron chi connectivity index (χ4n) is 1.91. The Morgan fingerprint density at radius 2 is 1.83 bits per heavy atom. The highest BCUT2D eigenvalue weighted by atomic mass is 16.1. The van der Waals surface area contributed by atoms with E-state index in [0.29, 0.717) is 5.56 Å². The van der Waals surface area contributed by atoms with E-state index in [1.807, 2.05) is 50.2 Å². The Bertz CT molecular complexity index is 567. The van der Waals surface area contributed by atoms with Crippen LogP contribution >= 0.6 is 0 Å². The van der Waals surface area contributed by atoms with E-state index in [-0.39, 0.29) is 5.78 Å². The van der Waals surface area contributed by atoms with Gasteiger partial charge >= 0.3 is 0 Å². The average Bonchev–Trinajstić information content (AvgIpc) is 2.71. The SMILES string of the molecule is CC(=O)c1cnn(-c2ccc(N(C)C)cc2)c1C. The number of Topliss-reactive ketones (excluding diaryl/α,β-unsaturated/α-hetero) is 1. The molecule has 0 aliphatic rings. The van der Waals surface area contributed by atoms with Crippen molar-refractivity contribution < 1.29 is 4.79 Å². The van der Waals surface area contributed by atoms with Gasteiger partial charge in [-0.1, -0.05) is 0 Å². The number of rotatable bonds is 3. The van der Waals surface area contributed by atoms with Gasteiger partial charge in [0.15, 0.2) is 5.78 Å². The van der Waals surface area contributed by atoms with Crippen molar-refractivity contribution >= 4 is 11.5 Å². The van der Waals surface area contributed by atoms with Crippen molar-refractivity contribution in [2.45, 2.75) is 13.8 Å². The summed E-state index contributed by atoms with van der Waals surface area (Å²) in [4.78, 5) is 13.4. The molecule has 0 bridgehead atoms. The molecular formula is C14H17N3O. The molecule has 0 saturated carbocycles. The summed E-state index contributed by atoms with van der Waals surface area (Å²) < 4.78 is 1.79. The van der Waals surface area contributed by atoms with Gasteiger partial charge in [-0.2, -0.15) is 5.10 Å². The van der Waals surface area contributed by atoms with E-state index < -0.39 is 0 Å². The number of carbonyl (C=O) groups excluding carboxylic acids is 1. The summed E-state index contributed by atoms with van der Waals surface area (Å²) in [5.41, 5.74) is 3.65. The number of aromatic nitrogens is 2. The van der Waals surface area contributed by atoms with Crippen molar-refractivity contribution in [2.75, 3.05) is 19.0 Å². The molecular weight excluding hydrogens is 226 g/mol. The van der Waals surface area contributed by atoms with E-state index in [1.54, 1.807) is 17.8 Å². The van der Waals surface area contributed by atoms with E-state index in [4.69, 9.17) is 0 Å². The highest BCUT2D eigenvalue weighted by Crippen LogP contribution is 2.18. The standard InChI is InChI=1S/C14H17N3O/c1-10-14(11(2)18)9-15-17(10)13-7-5-12(6-8-13)16(3)4/h5-9H,1-4H3. The van der Waals surface area contributed by atoms with E-state index >= 15 is 0 Å². The van der Waals surface area contributed by atoms with Crippen molar-refractivity contribution in [3.05, 3.63) is 41.7 Å². The molecule has 2 rings (SSSR count). The summed E-state index contributed by atoms with van der Waals surface area (Å²) in [5.74, 6) is 0.0451. The molecule has 0 unspecified atom stereocenters. The zero-order valence-corrected chi connectivity index (χ0v) is 11.1. The lowest BCUT2D eigenvalue weighted by molar-refractivity contribution is 0.101. The monoisotopic (exact) mass is 243 g/mol. The molecule has 0 atom stereocenters. The second kappa shape index (κ2) is 4.64. The van der Waals surface area contributed by atoms with Gasteiger partial charge in [0.25, 0.3) is 0 Å². The van der Waals surface area contributed by atoms with Gasteiger partial charge in [0.05, 0.1) is 23.1 Å². The quantitative estimate of drug-likeness (QED) is 0.777. The van der Waals surface area contributed by atoms with Crippen molar-refractivity contribution in [3.8, 4) is 5.69 Å². The Morgan fingerprint density at radius 1 is 1.22 bits per heavy atom. The molecule has 0 radical (unpaired) electrons. The van der Waals surface area contributed by atoms with Crippen LogP contribution in [0.4, 0.5) is 5.69 Å². The maximum atomic E-state index is 11.4. The zero-order chi connectivity index (χ0) is 13.3. The second-order valence-corrected chi connectivity index (χ2v) is 4.52. The topological polar surface area (TPSA) is 38.1 Å². The lowest BCUT2D eigenvalue weighted by atomic mass is 10.2. The van der Waals surface area contributed by atoms with E-state index in [9.17, 15) is 4.79 Å². The van der Waals surface area contributed by atoms with Crippen molar-refractivity contribution in [1.82, 2.24) is 9.78 Å². The van der Waals surface area contributed by atoms with Gasteiger partial charge in [-0.25, -0.2) is 4.68 Å². The van der Waals surface area contributed by atoms with E-state index in [1.165, 1.54) is 0 Å². The van der Waals surface area contributed by atoms with Crippen LogP contribution in [0.15, 0.2) is 30.5 Å². The number of nitrogens with zero attached hydrogens (tertiary/aromatic N) is 3. The lowest BCUT2D eigenvalue weighted by Gasteiger charge is -2.13. The van der Waals surface area contributed by atoms with Gasteiger partial charge in [0.2, 0.25) is 0 Å². The fourth-order valence-corrected chi connectivity index (χ4v) is 1.91. The number of carbonyl (C=O) groups is 1. The third kappa shape index (κ3) is 2.14. The predicted molar refractivity (Wildman–Crippen MR) is 72.6 cm³/mol. The molecule has 0 amide bonds. The lowest BCUT2D eigenvalue weighted by Crippen LogP contribution is -2.08. The molecule has 2 aromatic rings. The molecule has 1 aromatic carbocycles. The van der Waals surface area contributed by atoms with Gasteiger partial charge in [-0.15, -0.1) is 0 Å². The second-order valence-electron chi connectivity index (χ2n) is 4.52. The summed E-state index contributed by atoms with van der Waals surface area (Å²) in [6.45, 7) is 3.47. The Morgan fingerprint density at radius 3 is 2.28 bits per heavy atom. The Kier molecular flexibility index (Phi) is 3.19. The van der Waals surface area contributed by atoms with Gasteiger partial charge in [-0.05, 0) is 38.1 Å². The third-order valence-corrected chi connectivity index (χ3v) is 3.00. The Labute approximate surface area is 107 Å². The van der Waals surface area contributed by atoms with E-state index in [0.717, 1.165) is 17.1 Å². The van der Waals surface area contributed by atoms with Crippen LogP contribution in [0.1, 0.15) is 23.0 Å². The van der Waals surface area contributed by atoms with Crippen molar-refractivity contribution in [2.24, 2.45) is 0 Å². The third-order valence-electron chi connectivity index (χ3n) is 3.00. The summed E-state index contributed by atoms with van der Waals surface area (Å²) in [6.07, 6.45) is 1.62. The molecule has 94 valence electrons. The highest BCUT2D eigenvalue weighted by Gasteiger charge is 2.11. The largest absolute Gasteiger partial charge is 0.378 e. The minimum absolute atomic E-state index is 0.0451. The molecule has 4 heteroatoms.